The first-order valence-corrected chi connectivity index (χ1v) is 12.7. The minimum Gasteiger partial charge on any atom is -0.377 e. The van der Waals surface area contributed by atoms with E-state index in [1.165, 1.54) is 11.0 Å². The highest BCUT2D eigenvalue weighted by Crippen LogP contribution is 2.39. The highest BCUT2D eigenvalue weighted by atomic mass is 32.2. The van der Waals surface area contributed by atoms with Crippen LogP contribution in [-0.4, -0.2) is 52.9 Å². The Balaban J connectivity index is 1.46. The number of halogens is 1. The molecule has 1 unspecified atom stereocenters. The number of anilines is 2. The molecule has 0 aliphatic carbocycles. The first-order chi connectivity index (χ1) is 17.0. The van der Waals surface area contributed by atoms with Crippen molar-refractivity contribution in [3.05, 3.63) is 65.7 Å². The van der Waals surface area contributed by atoms with E-state index in [1.54, 1.807) is 35.1 Å². The third-order valence-corrected chi connectivity index (χ3v) is 7.46. The number of aromatic amines is 1. The topological polar surface area (TPSA) is 74.3 Å². The number of hydrogen-bond donors (Lipinski definition) is 1. The molecule has 2 aromatic heterocycles. The second-order valence-electron chi connectivity index (χ2n) is 8.78. The summed E-state index contributed by atoms with van der Waals surface area (Å²) in [7, 11) is 0. The van der Waals surface area contributed by atoms with Crippen LogP contribution in [-0.2, 0) is 16.1 Å². The Hall–Kier alpha value is -3.43. The number of hydrogen-bond acceptors (Lipinski definition) is 6. The van der Waals surface area contributed by atoms with Crippen LogP contribution in [0.4, 0.5) is 15.9 Å². The molecule has 1 saturated heterocycles. The number of amides is 1. The molecule has 7 nitrogen and oxygen atoms in total. The molecular formula is C26H24FN5O2S. The maximum Gasteiger partial charge on any atom is 0.252 e. The zero-order chi connectivity index (χ0) is 24.1. The number of rotatable bonds is 4. The maximum absolute atomic E-state index is 14.4. The van der Waals surface area contributed by atoms with Gasteiger partial charge in [-0.2, -0.15) is 0 Å². The Morgan fingerprint density at radius 3 is 2.86 bits per heavy atom. The van der Waals surface area contributed by atoms with Gasteiger partial charge in [-0.3, -0.25) is 4.79 Å². The lowest BCUT2D eigenvalue weighted by atomic mass is 10.0. The fraction of sp³-hybridized carbons (Fsp3) is 0.269. The second kappa shape index (κ2) is 8.66. The number of nitrogens with one attached hydrogen (secondary N) is 1. The predicted octanol–water partition coefficient (Wildman–Crippen LogP) is 4.55. The summed E-state index contributed by atoms with van der Waals surface area (Å²) in [6.07, 6.45) is 5.54. The molecule has 9 heteroatoms. The molecule has 4 heterocycles. The zero-order valence-electron chi connectivity index (χ0n) is 19.4. The number of aromatic nitrogens is 3. The quantitative estimate of drug-likeness (QED) is 0.424. The van der Waals surface area contributed by atoms with Gasteiger partial charge in [-0.15, -0.1) is 11.8 Å². The third-order valence-electron chi connectivity index (χ3n) is 6.71. The summed E-state index contributed by atoms with van der Waals surface area (Å²) < 4.78 is 20.1. The number of thioether (sulfide) groups is 1. The van der Waals surface area contributed by atoms with Crippen LogP contribution < -0.4 is 9.80 Å². The summed E-state index contributed by atoms with van der Waals surface area (Å²) in [5.41, 5.74) is 3.82. The number of aryl methyl sites for hydroxylation is 1. The molecule has 0 radical (unpaired) electrons. The van der Waals surface area contributed by atoms with Crippen LogP contribution in [0.15, 0.2) is 53.7 Å². The number of ether oxygens (including phenoxy) is 1. The summed E-state index contributed by atoms with van der Waals surface area (Å²) in [6, 6.07) is 10.9. The number of carbonyl (C=O) groups is 1. The number of carbonyl (C=O) groups excluding carboxylic acids is 1. The zero-order valence-corrected chi connectivity index (χ0v) is 20.2. The molecule has 0 saturated carbocycles. The van der Waals surface area contributed by atoms with Crippen LogP contribution in [0, 0.1) is 12.7 Å². The molecule has 0 bridgehead atoms. The predicted molar refractivity (Wildman–Crippen MR) is 135 cm³/mol. The molecule has 1 N–H and O–H groups in total. The molecule has 2 aliphatic rings. The van der Waals surface area contributed by atoms with Crippen molar-refractivity contribution < 1.29 is 13.9 Å². The van der Waals surface area contributed by atoms with Crippen molar-refractivity contribution in [2.75, 3.05) is 35.8 Å². The van der Waals surface area contributed by atoms with E-state index in [0.29, 0.717) is 49.1 Å². The van der Waals surface area contributed by atoms with Crippen molar-refractivity contribution in [3.8, 4) is 11.4 Å². The molecule has 1 atom stereocenters. The SMILES string of the molecule is CSc1ccc(CN2C(=O)C3COCCN3c3nc(-c4ccc(F)c5[nH]cc(C)c45)ncc32)cc1. The molecule has 4 aromatic rings. The van der Waals surface area contributed by atoms with Crippen molar-refractivity contribution in [2.45, 2.75) is 24.4 Å². The number of nitrogens with zero attached hydrogens (tertiary/aromatic N) is 4. The molecule has 2 aliphatic heterocycles. The Labute approximate surface area is 206 Å². The molecule has 178 valence electrons. The number of morpholine rings is 1. The highest BCUT2D eigenvalue weighted by Gasteiger charge is 2.41. The smallest absolute Gasteiger partial charge is 0.252 e. The van der Waals surface area contributed by atoms with Crippen LogP contribution in [0.1, 0.15) is 11.1 Å². The van der Waals surface area contributed by atoms with Gasteiger partial charge in [0.1, 0.15) is 17.5 Å². The summed E-state index contributed by atoms with van der Waals surface area (Å²) in [5, 5.41) is 0.765. The second-order valence-corrected chi connectivity index (χ2v) is 9.66. The maximum atomic E-state index is 14.4. The molecule has 0 spiro atoms. The highest BCUT2D eigenvalue weighted by molar-refractivity contribution is 7.98. The Bertz CT molecular complexity index is 1440. The first-order valence-electron chi connectivity index (χ1n) is 11.5. The molecule has 35 heavy (non-hydrogen) atoms. The van der Waals surface area contributed by atoms with E-state index in [2.05, 4.69) is 22.1 Å². The Morgan fingerprint density at radius 1 is 1.23 bits per heavy atom. The van der Waals surface area contributed by atoms with Crippen molar-refractivity contribution in [2.24, 2.45) is 0 Å². The van der Waals surface area contributed by atoms with Gasteiger partial charge in [0.2, 0.25) is 0 Å². The van der Waals surface area contributed by atoms with Crippen molar-refractivity contribution in [1.29, 1.82) is 0 Å². The minimum atomic E-state index is -0.438. The summed E-state index contributed by atoms with van der Waals surface area (Å²) in [5.74, 6) is 0.870. The van der Waals surface area contributed by atoms with E-state index in [9.17, 15) is 9.18 Å². The van der Waals surface area contributed by atoms with Gasteiger partial charge in [0.15, 0.2) is 11.6 Å². The molecule has 6 rings (SSSR count). The standard InChI is InChI=1S/C26H24FN5O2S/c1-15-11-28-23-19(27)8-7-18(22(15)23)24-29-12-20-25(30-24)31-9-10-34-14-21(31)26(33)32(20)13-16-3-5-17(35-2)6-4-16/h3-8,11-12,21,28H,9-10,13-14H2,1-2H3. The molecular weight excluding hydrogens is 465 g/mol. The van der Waals surface area contributed by atoms with Crippen molar-refractivity contribution in [1.82, 2.24) is 15.0 Å². The van der Waals surface area contributed by atoms with Crippen molar-refractivity contribution in [3.63, 3.8) is 0 Å². The van der Waals surface area contributed by atoms with Gasteiger partial charge < -0.3 is 19.5 Å². The van der Waals surface area contributed by atoms with Gasteiger partial charge in [-0.1, -0.05) is 12.1 Å². The lowest BCUT2D eigenvalue weighted by Crippen LogP contribution is -2.58. The van der Waals surface area contributed by atoms with Crippen LogP contribution in [0.2, 0.25) is 0 Å². The van der Waals surface area contributed by atoms with Gasteiger partial charge in [-0.05, 0) is 48.6 Å². The number of H-pyrrole nitrogens is 1. The monoisotopic (exact) mass is 489 g/mol. The number of benzene rings is 2. The van der Waals surface area contributed by atoms with Gasteiger partial charge in [0, 0.05) is 28.6 Å². The van der Waals surface area contributed by atoms with Crippen LogP contribution in [0.5, 0.6) is 0 Å². The number of fused-ring (bicyclic) bond motifs is 4. The van der Waals surface area contributed by atoms with E-state index in [-0.39, 0.29) is 11.7 Å². The normalized spacial score (nSPS) is 17.6. The van der Waals surface area contributed by atoms with Gasteiger partial charge in [-0.25, -0.2) is 14.4 Å². The Kier molecular flexibility index (Phi) is 5.46. The van der Waals surface area contributed by atoms with E-state index >= 15 is 0 Å². The van der Waals surface area contributed by atoms with Crippen LogP contribution in [0.3, 0.4) is 0 Å². The fourth-order valence-corrected chi connectivity index (χ4v) is 5.31. The summed E-state index contributed by atoms with van der Waals surface area (Å²) in [4.78, 5) is 31.1. The van der Waals surface area contributed by atoms with E-state index in [0.717, 1.165) is 22.1 Å². The van der Waals surface area contributed by atoms with Crippen LogP contribution >= 0.6 is 11.8 Å². The van der Waals surface area contributed by atoms with E-state index in [4.69, 9.17) is 9.72 Å². The third kappa shape index (κ3) is 3.66. The average molecular weight is 490 g/mol. The first kappa shape index (κ1) is 22.1. The minimum absolute atomic E-state index is 0.0202. The van der Waals surface area contributed by atoms with Crippen LogP contribution in [0.25, 0.3) is 22.3 Å². The molecule has 1 fully saturated rings. The average Bonchev–Trinajstić information content (AvgIpc) is 3.29. The van der Waals surface area contributed by atoms with Crippen molar-refractivity contribution >= 4 is 40.1 Å². The van der Waals surface area contributed by atoms with Gasteiger partial charge in [0.25, 0.3) is 5.91 Å². The summed E-state index contributed by atoms with van der Waals surface area (Å²) >= 11 is 1.68. The van der Waals surface area contributed by atoms with Gasteiger partial charge in [0.05, 0.1) is 31.5 Å². The lowest BCUT2D eigenvalue weighted by Gasteiger charge is -2.44. The summed E-state index contributed by atoms with van der Waals surface area (Å²) in [6.45, 7) is 3.76. The molecule has 1 amide bonds. The van der Waals surface area contributed by atoms with Gasteiger partial charge >= 0.3 is 0 Å². The molecule has 2 aromatic carbocycles. The largest absolute Gasteiger partial charge is 0.377 e. The van der Waals surface area contributed by atoms with E-state index < -0.39 is 6.04 Å². The lowest BCUT2D eigenvalue weighted by molar-refractivity contribution is -0.122. The van der Waals surface area contributed by atoms with E-state index in [1.807, 2.05) is 30.2 Å². The Morgan fingerprint density at radius 2 is 2.06 bits per heavy atom. The fourth-order valence-electron chi connectivity index (χ4n) is 4.90.